The van der Waals surface area contributed by atoms with E-state index in [1.54, 1.807) is 0 Å². The fourth-order valence-corrected chi connectivity index (χ4v) is 3.78. The van der Waals surface area contributed by atoms with Crippen LogP contribution in [0.5, 0.6) is 0 Å². The summed E-state index contributed by atoms with van der Waals surface area (Å²) < 4.78 is 1.05. The summed E-state index contributed by atoms with van der Waals surface area (Å²) in [7, 11) is 0. The van der Waals surface area contributed by atoms with E-state index in [4.69, 9.17) is 0 Å². The first kappa shape index (κ1) is 13.1. The molecule has 0 saturated carbocycles. The van der Waals surface area contributed by atoms with Crippen LogP contribution < -0.4 is 0 Å². The molecule has 4 nitrogen and oxygen atoms in total. The highest BCUT2D eigenvalue weighted by atomic mass is 32.1. The summed E-state index contributed by atoms with van der Waals surface area (Å²) in [4.78, 5) is 25.5. The van der Waals surface area contributed by atoms with Crippen molar-refractivity contribution in [1.29, 1.82) is 0 Å². The van der Waals surface area contributed by atoms with Gasteiger partial charge in [0.1, 0.15) is 6.04 Å². The molecule has 2 unspecified atom stereocenters. The van der Waals surface area contributed by atoms with Gasteiger partial charge in [0.15, 0.2) is 0 Å². The molecule has 2 aromatic rings. The van der Waals surface area contributed by atoms with Crippen molar-refractivity contribution in [3.05, 3.63) is 35.2 Å². The maximum atomic E-state index is 12.7. The number of carbonyl (C=O) groups excluding carboxylic acids is 1. The van der Waals surface area contributed by atoms with E-state index in [0.717, 1.165) is 16.5 Å². The minimum Gasteiger partial charge on any atom is -0.480 e. The van der Waals surface area contributed by atoms with Crippen molar-refractivity contribution in [1.82, 2.24) is 4.90 Å². The largest absolute Gasteiger partial charge is 0.480 e. The standard InChI is InChI=1S/C15H15NO3S/c1-9-6-7-16(13(9)15(18)19)14(17)11-8-20-12-5-3-2-4-10(11)12/h2-5,8-9,13H,6-7H2,1H3,(H,18,19). The molecule has 1 saturated heterocycles. The lowest BCUT2D eigenvalue weighted by atomic mass is 10.0. The molecule has 1 aromatic carbocycles. The number of amides is 1. The van der Waals surface area contributed by atoms with Gasteiger partial charge in [-0.1, -0.05) is 25.1 Å². The average Bonchev–Trinajstić information content (AvgIpc) is 3.01. The van der Waals surface area contributed by atoms with Crippen molar-refractivity contribution in [3.63, 3.8) is 0 Å². The number of nitrogens with zero attached hydrogens (tertiary/aromatic N) is 1. The van der Waals surface area contributed by atoms with Crippen molar-refractivity contribution >= 4 is 33.3 Å². The summed E-state index contributed by atoms with van der Waals surface area (Å²) in [6.45, 7) is 2.40. The second-order valence-corrected chi connectivity index (χ2v) is 6.10. The number of carboxylic acids is 1. The minimum absolute atomic E-state index is 0.00125. The topological polar surface area (TPSA) is 57.6 Å². The predicted molar refractivity (Wildman–Crippen MR) is 78.1 cm³/mol. The molecule has 1 N–H and O–H groups in total. The number of hydrogen-bond acceptors (Lipinski definition) is 3. The van der Waals surface area contributed by atoms with Crippen molar-refractivity contribution in [3.8, 4) is 0 Å². The molecule has 0 spiro atoms. The van der Waals surface area contributed by atoms with Gasteiger partial charge in [0.25, 0.3) is 5.91 Å². The number of fused-ring (bicyclic) bond motifs is 1. The van der Waals surface area contributed by atoms with E-state index in [1.807, 2.05) is 36.6 Å². The zero-order chi connectivity index (χ0) is 14.3. The third-order valence-electron chi connectivity index (χ3n) is 3.93. The lowest BCUT2D eigenvalue weighted by Gasteiger charge is -2.23. The Morgan fingerprint density at radius 3 is 2.85 bits per heavy atom. The molecule has 5 heteroatoms. The van der Waals surface area contributed by atoms with Crippen LogP contribution in [0.25, 0.3) is 10.1 Å². The van der Waals surface area contributed by atoms with Crippen molar-refractivity contribution < 1.29 is 14.7 Å². The number of benzene rings is 1. The maximum absolute atomic E-state index is 12.7. The Kier molecular flexibility index (Phi) is 3.22. The first-order valence-corrected chi connectivity index (χ1v) is 7.47. The molecular formula is C15H15NO3S. The van der Waals surface area contributed by atoms with E-state index in [1.165, 1.54) is 16.2 Å². The molecule has 20 heavy (non-hydrogen) atoms. The SMILES string of the molecule is CC1CCN(C(=O)c2csc3ccccc23)C1C(=O)O. The summed E-state index contributed by atoms with van der Waals surface area (Å²) in [5, 5.41) is 12.1. The Balaban J connectivity index is 1.98. The average molecular weight is 289 g/mol. The van der Waals surface area contributed by atoms with E-state index >= 15 is 0 Å². The maximum Gasteiger partial charge on any atom is 0.326 e. The number of rotatable bonds is 2. The van der Waals surface area contributed by atoms with Crippen LogP contribution in [0.15, 0.2) is 29.6 Å². The summed E-state index contributed by atoms with van der Waals surface area (Å²) in [6, 6.07) is 7.01. The second kappa shape index (κ2) is 4.90. The fraction of sp³-hybridized carbons (Fsp3) is 0.333. The summed E-state index contributed by atoms with van der Waals surface area (Å²) >= 11 is 1.52. The lowest BCUT2D eigenvalue weighted by Crippen LogP contribution is -2.42. The highest BCUT2D eigenvalue weighted by molar-refractivity contribution is 7.17. The molecule has 2 heterocycles. The smallest absolute Gasteiger partial charge is 0.326 e. The van der Waals surface area contributed by atoms with E-state index in [-0.39, 0.29) is 11.8 Å². The molecule has 0 bridgehead atoms. The molecule has 0 aliphatic carbocycles. The van der Waals surface area contributed by atoms with E-state index in [0.29, 0.717) is 12.1 Å². The van der Waals surface area contributed by atoms with Crippen LogP contribution in [-0.4, -0.2) is 34.5 Å². The highest BCUT2D eigenvalue weighted by Gasteiger charge is 2.40. The van der Waals surface area contributed by atoms with Gasteiger partial charge in [-0.05, 0) is 18.4 Å². The predicted octanol–water partition coefficient (Wildman–Crippen LogP) is 2.84. The van der Waals surface area contributed by atoms with Crippen LogP contribution >= 0.6 is 11.3 Å². The van der Waals surface area contributed by atoms with Gasteiger partial charge in [-0.2, -0.15) is 0 Å². The van der Waals surface area contributed by atoms with Crippen molar-refractivity contribution in [2.75, 3.05) is 6.54 Å². The minimum atomic E-state index is -0.914. The highest BCUT2D eigenvalue weighted by Crippen LogP contribution is 2.31. The molecular weight excluding hydrogens is 274 g/mol. The summed E-state index contributed by atoms with van der Waals surface area (Å²) in [6.07, 6.45) is 0.741. The second-order valence-electron chi connectivity index (χ2n) is 5.19. The monoisotopic (exact) mass is 289 g/mol. The summed E-state index contributed by atoms with van der Waals surface area (Å²) in [5.41, 5.74) is 0.617. The molecule has 1 aliphatic rings. The fourth-order valence-electron chi connectivity index (χ4n) is 2.85. The van der Waals surface area contributed by atoms with Crippen LogP contribution in [0.2, 0.25) is 0 Å². The molecule has 1 amide bonds. The third kappa shape index (κ3) is 1.98. The molecule has 0 radical (unpaired) electrons. The molecule has 1 aromatic heterocycles. The van der Waals surface area contributed by atoms with Gasteiger partial charge in [0.2, 0.25) is 0 Å². The Labute approximate surface area is 120 Å². The number of carbonyl (C=O) groups is 2. The van der Waals surface area contributed by atoms with Gasteiger partial charge in [-0.3, -0.25) is 4.79 Å². The number of aliphatic carboxylic acids is 1. The molecule has 104 valence electrons. The number of likely N-dealkylation sites (tertiary alicyclic amines) is 1. The number of hydrogen-bond donors (Lipinski definition) is 1. The van der Waals surface area contributed by atoms with Gasteiger partial charge in [0.05, 0.1) is 5.56 Å². The first-order valence-electron chi connectivity index (χ1n) is 6.59. The van der Waals surface area contributed by atoms with Crippen molar-refractivity contribution in [2.45, 2.75) is 19.4 Å². The lowest BCUT2D eigenvalue weighted by molar-refractivity contribution is -0.142. The molecule has 1 fully saturated rings. The van der Waals surface area contributed by atoms with Crippen LogP contribution in [0, 0.1) is 5.92 Å². The zero-order valence-corrected chi connectivity index (χ0v) is 11.9. The van der Waals surface area contributed by atoms with E-state index in [2.05, 4.69) is 0 Å². The van der Waals surface area contributed by atoms with Crippen LogP contribution in [0.1, 0.15) is 23.7 Å². The van der Waals surface area contributed by atoms with E-state index < -0.39 is 12.0 Å². The Bertz CT molecular complexity index is 679. The van der Waals surface area contributed by atoms with Gasteiger partial charge < -0.3 is 10.0 Å². The third-order valence-corrected chi connectivity index (χ3v) is 4.89. The first-order chi connectivity index (χ1) is 9.59. The Morgan fingerprint density at radius 1 is 1.35 bits per heavy atom. The number of thiophene rings is 1. The summed E-state index contributed by atoms with van der Waals surface area (Å²) in [5.74, 6) is -1.08. The van der Waals surface area contributed by atoms with E-state index in [9.17, 15) is 14.7 Å². The molecule has 3 rings (SSSR count). The van der Waals surface area contributed by atoms with Crippen LogP contribution in [0.4, 0.5) is 0 Å². The van der Waals surface area contributed by atoms with Crippen molar-refractivity contribution in [2.24, 2.45) is 5.92 Å². The van der Waals surface area contributed by atoms with Crippen LogP contribution in [-0.2, 0) is 4.79 Å². The molecule has 1 aliphatic heterocycles. The Morgan fingerprint density at radius 2 is 2.10 bits per heavy atom. The molecule has 2 atom stereocenters. The van der Waals surface area contributed by atoms with Gasteiger partial charge in [-0.15, -0.1) is 11.3 Å². The normalized spacial score (nSPS) is 22.4. The zero-order valence-electron chi connectivity index (χ0n) is 11.1. The van der Waals surface area contributed by atoms with Crippen LogP contribution in [0.3, 0.4) is 0 Å². The van der Waals surface area contributed by atoms with Gasteiger partial charge >= 0.3 is 5.97 Å². The van der Waals surface area contributed by atoms with Gasteiger partial charge in [-0.25, -0.2) is 4.79 Å². The van der Waals surface area contributed by atoms with Gasteiger partial charge in [0, 0.05) is 22.0 Å². The number of carboxylic acid groups (broad SMARTS) is 1. The quantitative estimate of drug-likeness (QED) is 0.925. The Hall–Kier alpha value is -1.88.